The van der Waals surface area contributed by atoms with E-state index in [2.05, 4.69) is 21.0 Å². The minimum absolute atomic E-state index is 0.186. The van der Waals surface area contributed by atoms with Crippen molar-refractivity contribution in [2.75, 3.05) is 0 Å². The molecule has 0 aliphatic heterocycles. The van der Waals surface area contributed by atoms with E-state index in [0.717, 1.165) is 16.8 Å². The third-order valence-corrected chi connectivity index (χ3v) is 5.54. The highest BCUT2D eigenvalue weighted by molar-refractivity contribution is 6.33. The van der Waals surface area contributed by atoms with Crippen molar-refractivity contribution in [1.82, 2.24) is 21.0 Å². The van der Waals surface area contributed by atoms with Gasteiger partial charge in [-0.3, -0.25) is 20.4 Å². The first-order chi connectivity index (χ1) is 15.4. The Hall–Kier alpha value is -3.71. The first kappa shape index (κ1) is 21.5. The van der Waals surface area contributed by atoms with Crippen molar-refractivity contribution < 1.29 is 14.1 Å². The van der Waals surface area contributed by atoms with Gasteiger partial charge in [-0.25, -0.2) is 4.98 Å². The van der Waals surface area contributed by atoms with Crippen LogP contribution in [0.3, 0.4) is 0 Å². The molecule has 162 valence electrons. The molecule has 0 spiro atoms. The third-order valence-electron chi connectivity index (χ3n) is 5.21. The summed E-state index contributed by atoms with van der Waals surface area (Å²) in [5, 5.41) is 5.09. The molecule has 2 amide bonds. The Bertz CT molecular complexity index is 1300. The van der Waals surface area contributed by atoms with E-state index in [1.165, 1.54) is 0 Å². The fourth-order valence-electron chi connectivity index (χ4n) is 3.52. The van der Waals surface area contributed by atoms with E-state index in [9.17, 15) is 9.59 Å². The number of hydrogen-bond acceptors (Lipinski definition) is 5. The van der Waals surface area contributed by atoms with E-state index >= 15 is 0 Å². The summed E-state index contributed by atoms with van der Waals surface area (Å²) in [5.74, 6) is -0.0691. The van der Waals surface area contributed by atoms with E-state index in [1.54, 1.807) is 19.1 Å². The van der Waals surface area contributed by atoms with Gasteiger partial charge in [-0.2, -0.15) is 0 Å². The zero-order valence-electron chi connectivity index (χ0n) is 17.6. The third kappa shape index (κ3) is 4.48. The molecular formula is C24H21ClN4O3. The van der Waals surface area contributed by atoms with Gasteiger partial charge in [-0.1, -0.05) is 53.2 Å². The van der Waals surface area contributed by atoms with Crippen LogP contribution in [0.25, 0.3) is 22.2 Å². The van der Waals surface area contributed by atoms with Crippen LogP contribution in [0.2, 0.25) is 5.02 Å². The lowest BCUT2D eigenvalue weighted by Gasteiger charge is -2.12. The van der Waals surface area contributed by atoms with Crippen LogP contribution in [-0.2, 0) is 11.2 Å². The Labute approximate surface area is 189 Å². The topological polar surface area (TPSA) is 97.1 Å². The second-order valence-corrected chi connectivity index (χ2v) is 7.76. The number of nitrogens with one attached hydrogen (secondary N) is 2. The molecule has 7 nitrogen and oxygen atoms in total. The Morgan fingerprint density at radius 1 is 1.03 bits per heavy atom. The quantitative estimate of drug-likeness (QED) is 0.436. The van der Waals surface area contributed by atoms with Gasteiger partial charge in [0.2, 0.25) is 5.91 Å². The Morgan fingerprint density at radius 2 is 1.78 bits per heavy atom. The largest absolute Gasteiger partial charge is 0.361 e. The number of pyridine rings is 1. The lowest BCUT2D eigenvalue weighted by molar-refractivity contribution is -0.121. The van der Waals surface area contributed by atoms with Gasteiger partial charge in [0, 0.05) is 28.0 Å². The summed E-state index contributed by atoms with van der Waals surface area (Å²) in [6.45, 7) is 3.64. The standard InChI is InChI=1S/C24H21ClN4O3/c1-14-16(15(2)32-29-14)11-12-23(30)27-28-24(31)19-13-22(18-8-3-5-9-20(18)25)26-21-10-6-4-7-17(19)21/h3-10,13H,11-12H2,1-2H3,(H,27,30)(H,28,31). The van der Waals surface area contributed by atoms with Gasteiger partial charge in [0.1, 0.15) is 5.76 Å². The van der Waals surface area contributed by atoms with E-state index in [1.807, 2.05) is 49.4 Å². The summed E-state index contributed by atoms with van der Waals surface area (Å²) < 4.78 is 5.11. The maximum Gasteiger partial charge on any atom is 0.270 e. The number of carbonyl (C=O) groups excluding carboxylic acids is 2. The zero-order chi connectivity index (χ0) is 22.7. The number of aryl methyl sites for hydroxylation is 2. The predicted octanol–water partition coefficient (Wildman–Crippen LogP) is 4.55. The van der Waals surface area contributed by atoms with E-state index < -0.39 is 5.91 Å². The number of halogens is 1. The van der Waals surface area contributed by atoms with Crippen LogP contribution in [0.15, 0.2) is 59.1 Å². The SMILES string of the molecule is Cc1noc(C)c1CCC(=O)NNC(=O)c1cc(-c2ccccc2Cl)nc2ccccc12. The molecule has 2 heterocycles. The van der Waals surface area contributed by atoms with Crippen molar-refractivity contribution in [3.05, 3.63) is 82.2 Å². The summed E-state index contributed by atoms with van der Waals surface area (Å²) >= 11 is 6.34. The lowest BCUT2D eigenvalue weighted by atomic mass is 10.0. The molecule has 2 N–H and O–H groups in total. The van der Waals surface area contributed by atoms with Crippen LogP contribution in [0.4, 0.5) is 0 Å². The number of rotatable bonds is 5. The molecule has 0 unspecified atom stereocenters. The normalized spacial score (nSPS) is 10.8. The number of carbonyl (C=O) groups is 2. The minimum Gasteiger partial charge on any atom is -0.361 e. The number of nitrogens with zero attached hydrogens (tertiary/aromatic N) is 2. The Morgan fingerprint density at radius 3 is 2.53 bits per heavy atom. The second kappa shape index (κ2) is 9.20. The summed E-state index contributed by atoms with van der Waals surface area (Å²) in [5.41, 5.74) is 8.98. The molecule has 8 heteroatoms. The average molecular weight is 449 g/mol. The molecule has 2 aromatic carbocycles. The van der Waals surface area contributed by atoms with Crippen molar-refractivity contribution in [3.8, 4) is 11.3 Å². The van der Waals surface area contributed by atoms with Crippen LogP contribution in [0.1, 0.15) is 33.8 Å². The molecule has 0 aliphatic rings. The monoisotopic (exact) mass is 448 g/mol. The molecule has 0 saturated heterocycles. The van der Waals surface area contributed by atoms with Gasteiger partial charge in [-0.05, 0) is 38.5 Å². The van der Waals surface area contributed by atoms with Gasteiger partial charge >= 0.3 is 0 Å². The molecule has 32 heavy (non-hydrogen) atoms. The van der Waals surface area contributed by atoms with Gasteiger partial charge in [0.15, 0.2) is 0 Å². The highest BCUT2D eigenvalue weighted by Crippen LogP contribution is 2.29. The summed E-state index contributed by atoms with van der Waals surface area (Å²) in [6.07, 6.45) is 0.656. The van der Waals surface area contributed by atoms with Crippen molar-refractivity contribution in [2.45, 2.75) is 26.7 Å². The first-order valence-corrected chi connectivity index (χ1v) is 10.5. The van der Waals surface area contributed by atoms with E-state index in [-0.39, 0.29) is 12.3 Å². The minimum atomic E-state index is -0.442. The highest BCUT2D eigenvalue weighted by Gasteiger charge is 2.16. The molecule has 4 aromatic rings. The van der Waals surface area contributed by atoms with Crippen molar-refractivity contribution in [1.29, 1.82) is 0 Å². The predicted molar refractivity (Wildman–Crippen MR) is 122 cm³/mol. The molecule has 0 aliphatic carbocycles. The van der Waals surface area contributed by atoms with Crippen LogP contribution in [0, 0.1) is 13.8 Å². The van der Waals surface area contributed by atoms with Crippen molar-refractivity contribution in [2.24, 2.45) is 0 Å². The summed E-state index contributed by atoms with van der Waals surface area (Å²) in [7, 11) is 0. The molecule has 4 rings (SSSR count). The molecule has 0 bridgehead atoms. The van der Waals surface area contributed by atoms with Crippen LogP contribution >= 0.6 is 11.6 Å². The summed E-state index contributed by atoms with van der Waals surface area (Å²) in [6, 6.07) is 16.3. The zero-order valence-corrected chi connectivity index (χ0v) is 18.4. The fourth-order valence-corrected chi connectivity index (χ4v) is 3.76. The average Bonchev–Trinajstić information content (AvgIpc) is 3.12. The molecule has 0 atom stereocenters. The Balaban J connectivity index is 1.53. The number of hydrogen-bond donors (Lipinski definition) is 2. The molecule has 0 saturated carbocycles. The highest BCUT2D eigenvalue weighted by atomic mass is 35.5. The fraction of sp³-hybridized carbons (Fsp3) is 0.167. The second-order valence-electron chi connectivity index (χ2n) is 7.36. The molecule has 2 aromatic heterocycles. The lowest BCUT2D eigenvalue weighted by Crippen LogP contribution is -2.41. The van der Waals surface area contributed by atoms with Gasteiger partial charge in [0.05, 0.1) is 22.5 Å². The van der Waals surface area contributed by atoms with Crippen molar-refractivity contribution >= 4 is 34.3 Å². The number of benzene rings is 2. The van der Waals surface area contributed by atoms with Gasteiger partial charge in [0.25, 0.3) is 5.91 Å². The molecule has 0 radical (unpaired) electrons. The first-order valence-electron chi connectivity index (χ1n) is 10.1. The smallest absolute Gasteiger partial charge is 0.270 e. The molecule has 0 fully saturated rings. The summed E-state index contributed by atoms with van der Waals surface area (Å²) in [4.78, 5) is 29.9. The number of amides is 2. The maximum absolute atomic E-state index is 13.0. The molecular weight excluding hydrogens is 428 g/mol. The number of fused-ring (bicyclic) bond motifs is 1. The Kier molecular flexibility index (Phi) is 6.18. The van der Waals surface area contributed by atoms with E-state index in [4.69, 9.17) is 16.1 Å². The number of para-hydroxylation sites is 1. The number of aromatic nitrogens is 2. The van der Waals surface area contributed by atoms with Crippen LogP contribution in [0.5, 0.6) is 0 Å². The van der Waals surface area contributed by atoms with Gasteiger partial charge < -0.3 is 4.52 Å². The number of hydrazine groups is 1. The van der Waals surface area contributed by atoms with Gasteiger partial charge in [-0.15, -0.1) is 0 Å². The van der Waals surface area contributed by atoms with Crippen molar-refractivity contribution in [3.63, 3.8) is 0 Å². The van der Waals surface area contributed by atoms with Crippen LogP contribution in [-0.4, -0.2) is 22.0 Å². The van der Waals surface area contributed by atoms with Crippen LogP contribution < -0.4 is 10.9 Å². The van der Waals surface area contributed by atoms with E-state index in [0.29, 0.717) is 39.4 Å². The maximum atomic E-state index is 13.0.